The van der Waals surface area contributed by atoms with Crippen molar-refractivity contribution >= 4 is 65.7 Å². The van der Waals surface area contributed by atoms with Gasteiger partial charge in [0, 0.05) is 49.1 Å². The number of rotatable bonds is 3. The van der Waals surface area contributed by atoms with Crippen molar-refractivity contribution in [3.05, 3.63) is 146 Å². The van der Waals surface area contributed by atoms with Crippen LogP contribution in [0.1, 0.15) is 0 Å². The van der Waals surface area contributed by atoms with Crippen molar-refractivity contribution in [1.29, 1.82) is 0 Å². The molecule has 0 saturated carbocycles. The van der Waals surface area contributed by atoms with Crippen molar-refractivity contribution in [1.82, 2.24) is 9.55 Å². The molecule has 0 spiro atoms. The minimum Gasteiger partial charge on any atom is -0.456 e. The van der Waals surface area contributed by atoms with Crippen LogP contribution in [0.4, 0.5) is 0 Å². The molecule has 10 aromatic rings. The second-order valence-corrected chi connectivity index (χ2v) is 11.6. The lowest BCUT2D eigenvalue weighted by Gasteiger charge is -2.08. The number of pyridine rings is 1. The number of hydrogen-bond donors (Lipinski definition) is 0. The lowest BCUT2D eigenvalue weighted by molar-refractivity contribution is 0.668. The summed E-state index contributed by atoms with van der Waals surface area (Å²) in [5.41, 5.74) is 10.9. The fraction of sp³-hybridized carbons (Fsp3) is 0. The average molecular weight is 577 g/mol. The second-order valence-electron chi connectivity index (χ2n) is 11.6. The van der Waals surface area contributed by atoms with Gasteiger partial charge >= 0.3 is 0 Å². The first-order valence-corrected chi connectivity index (χ1v) is 15.1. The highest BCUT2D eigenvalue weighted by atomic mass is 16.3. The van der Waals surface area contributed by atoms with E-state index in [1.807, 2.05) is 24.3 Å². The minimum absolute atomic E-state index is 0.863. The SMILES string of the molecule is c1cc(-c2ccc3oc4ccccc4c3c2)nc(-c2ccc3oc4ccc(-n5c6ccccc6c6ccccc65)cc4c3c2)c1. The Labute approximate surface area is 257 Å². The van der Waals surface area contributed by atoms with Gasteiger partial charge in [-0.05, 0) is 84.9 Å². The summed E-state index contributed by atoms with van der Waals surface area (Å²) in [7, 11) is 0. The highest BCUT2D eigenvalue weighted by Crippen LogP contribution is 2.37. The van der Waals surface area contributed by atoms with E-state index in [9.17, 15) is 0 Å². The van der Waals surface area contributed by atoms with E-state index < -0.39 is 0 Å². The zero-order chi connectivity index (χ0) is 29.5. The van der Waals surface area contributed by atoms with Crippen molar-refractivity contribution < 1.29 is 8.83 Å². The number of para-hydroxylation sites is 3. The van der Waals surface area contributed by atoms with Gasteiger partial charge in [-0.1, -0.05) is 60.7 Å². The predicted octanol–water partition coefficient (Wildman–Crippen LogP) is 11.3. The fourth-order valence-corrected chi connectivity index (χ4v) is 6.91. The topological polar surface area (TPSA) is 44.1 Å². The van der Waals surface area contributed by atoms with E-state index in [4.69, 9.17) is 13.8 Å². The zero-order valence-corrected chi connectivity index (χ0v) is 24.1. The molecule has 0 bridgehead atoms. The van der Waals surface area contributed by atoms with Gasteiger partial charge in [0.2, 0.25) is 0 Å². The first kappa shape index (κ1) is 24.3. The van der Waals surface area contributed by atoms with Gasteiger partial charge in [-0.3, -0.25) is 0 Å². The third-order valence-corrected chi connectivity index (χ3v) is 9.01. The molecule has 4 nitrogen and oxygen atoms in total. The lowest BCUT2D eigenvalue weighted by Crippen LogP contribution is -1.93. The third kappa shape index (κ3) is 3.63. The van der Waals surface area contributed by atoms with Crippen LogP contribution in [-0.2, 0) is 0 Å². The molecule has 45 heavy (non-hydrogen) atoms. The normalized spacial score (nSPS) is 12.0. The Morgan fingerprint density at radius 2 is 0.867 bits per heavy atom. The molecule has 4 aromatic heterocycles. The van der Waals surface area contributed by atoms with Crippen LogP contribution in [0.3, 0.4) is 0 Å². The zero-order valence-electron chi connectivity index (χ0n) is 24.1. The summed E-state index contributed by atoms with van der Waals surface area (Å²) in [5.74, 6) is 0. The van der Waals surface area contributed by atoms with Crippen molar-refractivity contribution in [3.8, 4) is 28.2 Å². The van der Waals surface area contributed by atoms with Gasteiger partial charge < -0.3 is 13.4 Å². The van der Waals surface area contributed by atoms with Gasteiger partial charge in [0.05, 0.1) is 22.4 Å². The monoisotopic (exact) mass is 576 g/mol. The molecule has 4 heteroatoms. The molecule has 0 aliphatic rings. The van der Waals surface area contributed by atoms with Gasteiger partial charge in [0.25, 0.3) is 0 Å². The Morgan fingerprint density at radius 1 is 0.378 bits per heavy atom. The molecule has 0 radical (unpaired) electrons. The van der Waals surface area contributed by atoms with Crippen molar-refractivity contribution in [2.24, 2.45) is 0 Å². The number of furan rings is 2. The summed E-state index contributed by atoms with van der Waals surface area (Å²) in [5, 5.41) is 6.86. The number of hydrogen-bond acceptors (Lipinski definition) is 3. The largest absolute Gasteiger partial charge is 0.456 e. The predicted molar refractivity (Wildman–Crippen MR) is 184 cm³/mol. The van der Waals surface area contributed by atoms with Gasteiger partial charge in [0.1, 0.15) is 22.3 Å². The molecule has 10 rings (SSSR count). The Kier molecular flexibility index (Phi) is 4.96. The molecule has 0 unspecified atom stereocenters. The van der Waals surface area contributed by atoms with Gasteiger partial charge in [-0.25, -0.2) is 4.98 Å². The maximum absolute atomic E-state index is 6.31. The molecule has 0 aliphatic heterocycles. The molecule has 6 aromatic carbocycles. The number of benzene rings is 6. The van der Waals surface area contributed by atoms with Crippen LogP contribution >= 0.6 is 0 Å². The first-order chi connectivity index (χ1) is 22.3. The molecule has 0 aliphatic carbocycles. The molecule has 0 fully saturated rings. The highest BCUT2D eigenvalue weighted by molar-refractivity contribution is 6.11. The van der Waals surface area contributed by atoms with Crippen LogP contribution in [0.25, 0.3) is 93.9 Å². The van der Waals surface area contributed by atoms with E-state index in [1.165, 1.54) is 21.8 Å². The summed E-state index contributed by atoms with van der Waals surface area (Å²) >= 11 is 0. The number of nitrogens with zero attached hydrogens (tertiary/aromatic N) is 2. The van der Waals surface area contributed by atoms with Crippen molar-refractivity contribution in [2.75, 3.05) is 0 Å². The fourth-order valence-electron chi connectivity index (χ4n) is 6.91. The quantitative estimate of drug-likeness (QED) is 0.210. The summed E-state index contributed by atoms with van der Waals surface area (Å²) in [6.07, 6.45) is 0. The van der Waals surface area contributed by atoms with Crippen LogP contribution < -0.4 is 0 Å². The highest BCUT2D eigenvalue weighted by Gasteiger charge is 2.15. The van der Waals surface area contributed by atoms with E-state index in [1.54, 1.807) is 0 Å². The molecular weight excluding hydrogens is 552 g/mol. The Morgan fingerprint density at radius 3 is 1.51 bits per heavy atom. The maximum Gasteiger partial charge on any atom is 0.135 e. The van der Waals surface area contributed by atoms with Gasteiger partial charge in [-0.2, -0.15) is 0 Å². The summed E-state index contributed by atoms with van der Waals surface area (Å²) < 4.78 is 14.7. The van der Waals surface area contributed by atoms with E-state index in [-0.39, 0.29) is 0 Å². The summed E-state index contributed by atoms with van der Waals surface area (Å²) in [4.78, 5) is 5.12. The molecule has 0 N–H and O–H groups in total. The molecular formula is C41H24N2O2. The average Bonchev–Trinajstić information content (AvgIpc) is 3.77. The lowest BCUT2D eigenvalue weighted by atomic mass is 10.0. The van der Waals surface area contributed by atoms with E-state index in [2.05, 4.69) is 126 Å². The van der Waals surface area contributed by atoms with Crippen LogP contribution in [0, 0.1) is 0 Å². The van der Waals surface area contributed by atoms with Crippen LogP contribution in [0.15, 0.2) is 154 Å². The van der Waals surface area contributed by atoms with Crippen LogP contribution in [0.5, 0.6) is 0 Å². The minimum atomic E-state index is 0.863. The van der Waals surface area contributed by atoms with Crippen LogP contribution in [-0.4, -0.2) is 9.55 Å². The second kappa shape index (κ2) is 9.18. The molecule has 0 amide bonds. The molecule has 0 saturated heterocycles. The summed E-state index contributed by atoms with van der Waals surface area (Å²) in [6.45, 7) is 0. The van der Waals surface area contributed by atoms with E-state index >= 15 is 0 Å². The Balaban J connectivity index is 1.11. The standard InChI is InChI=1S/C41H24N2O2/c1-4-13-36-28(8-1)29-9-2-5-14-37(29)43(36)27-18-21-41-33(24-27)32-23-26(17-20-40(32)45-41)35-12-7-11-34(42-35)25-16-19-39-31(22-25)30-10-3-6-15-38(30)44-39/h1-24H. The first-order valence-electron chi connectivity index (χ1n) is 15.1. The van der Waals surface area contributed by atoms with Gasteiger partial charge in [-0.15, -0.1) is 0 Å². The third-order valence-electron chi connectivity index (χ3n) is 9.01. The maximum atomic E-state index is 6.31. The molecule has 0 atom stereocenters. The van der Waals surface area contributed by atoms with E-state index in [0.29, 0.717) is 0 Å². The summed E-state index contributed by atoms with van der Waals surface area (Å²) in [6, 6.07) is 50.7. The van der Waals surface area contributed by atoms with E-state index in [0.717, 1.165) is 72.1 Å². The molecule has 4 heterocycles. The Hall–Kier alpha value is -6.13. The van der Waals surface area contributed by atoms with Crippen molar-refractivity contribution in [3.63, 3.8) is 0 Å². The van der Waals surface area contributed by atoms with Gasteiger partial charge in [0.15, 0.2) is 0 Å². The van der Waals surface area contributed by atoms with Crippen LogP contribution in [0.2, 0.25) is 0 Å². The van der Waals surface area contributed by atoms with Crippen molar-refractivity contribution in [2.45, 2.75) is 0 Å². The molecule has 210 valence electrons. The Bertz CT molecular complexity index is 2720. The number of fused-ring (bicyclic) bond motifs is 9. The number of aromatic nitrogens is 2. The smallest absolute Gasteiger partial charge is 0.135 e.